The molecule has 3 rings (SSSR count). The van der Waals surface area contributed by atoms with Gasteiger partial charge in [-0.15, -0.1) is 11.3 Å². The molecule has 1 amide bonds. The number of thiazole rings is 1. The number of hydrogen-bond acceptors (Lipinski definition) is 4. The molecule has 5 nitrogen and oxygen atoms in total. The number of hydrogen-bond donors (Lipinski definition) is 2. The number of aromatic nitrogens is 1. The minimum absolute atomic E-state index is 0.0708. The number of aromatic carboxylic acids is 1. The van der Waals surface area contributed by atoms with Gasteiger partial charge in [-0.2, -0.15) is 0 Å². The van der Waals surface area contributed by atoms with Gasteiger partial charge in [0.15, 0.2) is 5.69 Å². The molecule has 0 aliphatic heterocycles. The van der Waals surface area contributed by atoms with E-state index >= 15 is 0 Å². The van der Waals surface area contributed by atoms with Gasteiger partial charge in [0, 0.05) is 17.0 Å². The molecule has 1 aliphatic rings. The zero-order chi connectivity index (χ0) is 17.3. The molecule has 0 spiro atoms. The van der Waals surface area contributed by atoms with Crippen molar-refractivity contribution in [2.75, 3.05) is 0 Å². The van der Waals surface area contributed by atoms with Crippen LogP contribution in [0.3, 0.4) is 0 Å². The van der Waals surface area contributed by atoms with E-state index in [2.05, 4.69) is 10.3 Å². The molecule has 8 heteroatoms. The highest BCUT2D eigenvalue weighted by Gasteiger charge is 2.47. The Balaban J connectivity index is 1.75. The fourth-order valence-corrected chi connectivity index (χ4v) is 3.55. The molecule has 0 unspecified atom stereocenters. The Labute approximate surface area is 140 Å². The average Bonchev–Trinajstić information content (AvgIpc) is 2.95. The molecule has 1 heterocycles. The second-order valence-corrected chi connectivity index (χ2v) is 6.62. The van der Waals surface area contributed by atoms with E-state index in [1.54, 1.807) is 0 Å². The number of benzene rings is 1. The van der Waals surface area contributed by atoms with Gasteiger partial charge < -0.3 is 10.4 Å². The maximum Gasteiger partial charge on any atom is 0.355 e. The lowest BCUT2D eigenvalue weighted by Gasteiger charge is -2.40. The third kappa shape index (κ3) is 2.89. The number of carbonyl (C=O) groups is 2. The van der Waals surface area contributed by atoms with Crippen molar-refractivity contribution >= 4 is 23.2 Å². The van der Waals surface area contributed by atoms with Crippen LogP contribution < -0.4 is 5.32 Å². The first-order chi connectivity index (χ1) is 11.4. The highest BCUT2D eigenvalue weighted by Crippen LogP contribution is 2.45. The number of amides is 1. The third-order valence-electron chi connectivity index (χ3n) is 4.26. The lowest BCUT2D eigenvalue weighted by atomic mass is 9.63. The van der Waals surface area contributed by atoms with Crippen LogP contribution in [0, 0.1) is 11.6 Å². The summed E-state index contributed by atoms with van der Waals surface area (Å²) in [4.78, 5) is 27.3. The molecule has 1 aromatic heterocycles. The molecule has 2 N–H and O–H groups in total. The Morgan fingerprint density at radius 2 is 2.08 bits per heavy atom. The SMILES string of the molecule is O=C(O)c1csc(CNC(=O)C2(c3ccc(F)cc3F)CCC2)n1. The molecule has 0 atom stereocenters. The van der Waals surface area contributed by atoms with Gasteiger partial charge in [-0.3, -0.25) is 4.79 Å². The zero-order valence-electron chi connectivity index (χ0n) is 12.5. The highest BCUT2D eigenvalue weighted by atomic mass is 32.1. The number of carbonyl (C=O) groups excluding carboxylic acids is 1. The number of carboxylic acid groups (broad SMARTS) is 1. The quantitative estimate of drug-likeness (QED) is 0.867. The number of nitrogens with one attached hydrogen (secondary N) is 1. The van der Waals surface area contributed by atoms with E-state index in [1.165, 1.54) is 11.4 Å². The first-order valence-corrected chi connectivity index (χ1v) is 8.22. The van der Waals surface area contributed by atoms with Crippen molar-refractivity contribution in [2.45, 2.75) is 31.2 Å². The monoisotopic (exact) mass is 352 g/mol. The van der Waals surface area contributed by atoms with Gasteiger partial charge >= 0.3 is 5.97 Å². The summed E-state index contributed by atoms with van der Waals surface area (Å²) in [6.45, 7) is 0.0708. The Morgan fingerprint density at radius 1 is 1.33 bits per heavy atom. The summed E-state index contributed by atoms with van der Waals surface area (Å²) < 4.78 is 27.2. The van der Waals surface area contributed by atoms with Crippen molar-refractivity contribution in [1.29, 1.82) is 0 Å². The molecule has 2 aromatic rings. The van der Waals surface area contributed by atoms with Crippen LogP contribution in [0.15, 0.2) is 23.6 Å². The van der Waals surface area contributed by atoms with Gasteiger partial charge in [-0.1, -0.05) is 12.5 Å². The number of carboxylic acids is 1. The van der Waals surface area contributed by atoms with Gasteiger partial charge in [0.05, 0.1) is 12.0 Å². The van der Waals surface area contributed by atoms with Gasteiger partial charge in [-0.05, 0) is 18.9 Å². The van der Waals surface area contributed by atoms with E-state index in [4.69, 9.17) is 5.11 Å². The Hall–Kier alpha value is -2.35. The Kier molecular flexibility index (Phi) is 4.31. The molecule has 0 bridgehead atoms. The van der Waals surface area contributed by atoms with Gasteiger partial charge in [0.2, 0.25) is 5.91 Å². The molecule has 1 saturated carbocycles. The van der Waals surface area contributed by atoms with Gasteiger partial charge in [0.1, 0.15) is 16.6 Å². The molecular weight excluding hydrogens is 338 g/mol. The minimum atomic E-state index is -1.13. The predicted molar refractivity (Wildman–Crippen MR) is 82.8 cm³/mol. The summed E-state index contributed by atoms with van der Waals surface area (Å²) in [6, 6.07) is 3.24. The summed E-state index contributed by atoms with van der Waals surface area (Å²) in [5.74, 6) is -2.90. The fourth-order valence-electron chi connectivity index (χ4n) is 2.84. The maximum atomic E-state index is 14.1. The van der Waals surface area contributed by atoms with Crippen molar-refractivity contribution in [1.82, 2.24) is 10.3 Å². The summed E-state index contributed by atoms with van der Waals surface area (Å²) in [6.07, 6.45) is 1.75. The van der Waals surface area contributed by atoms with Crippen LogP contribution in [-0.2, 0) is 16.8 Å². The zero-order valence-corrected chi connectivity index (χ0v) is 13.3. The Morgan fingerprint density at radius 3 is 2.62 bits per heavy atom. The molecule has 0 radical (unpaired) electrons. The van der Waals surface area contributed by atoms with Crippen LogP contribution in [0.2, 0.25) is 0 Å². The fraction of sp³-hybridized carbons (Fsp3) is 0.312. The average molecular weight is 352 g/mol. The summed E-state index contributed by atoms with van der Waals surface area (Å²) in [7, 11) is 0. The molecule has 24 heavy (non-hydrogen) atoms. The standard InChI is InChI=1S/C16H14F2N2O3S/c17-9-2-3-10(11(18)6-9)16(4-1-5-16)15(23)19-7-13-20-12(8-24-13)14(21)22/h2-3,6,8H,1,4-5,7H2,(H,19,23)(H,21,22). The predicted octanol–water partition coefficient (Wildman–Crippen LogP) is 2.86. The van der Waals surface area contributed by atoms with Crippen molar-refractivity contribution in [2.24, 2.45) is 0 Å². The minimum Gasteiger partial charge on any atom is -0.476 e. The van der Waals surface area contributed by atoms with Crippen molar-refractivity contribution < 1.29 is 23.5 Å². The van der Waals surface area contributed by atoms with E-state index in [1.807, 2.05) is 0 Å². The summed E-state index contributed by atoms with van der Waals surface area (Å²) >= 11 is 1.13. The molecule has 1 fully saturated rings. The maximum absolute atomic E-state index is 14.1. The summed E-state index contributed by atoms with van der Waals surface area (Å²) in [5, 5.41) is 13.4. The van der Waals surface area contributed by atoms with E-state index < -0.39 is 23.0 Å². The van der Waals surface area contributed by atoms with Crippen molar-refractivity contribution in [3.63, 3.8) is 0 Å². The van der Waals surface area contributed by atoms with Crippen LogP contribution in [0.25, 0.3) is 0 Å². The highest BCUT2D eigenvalue weighted by molar-refractivity contribution is 7.09. The molecule has 1 aliphatic carbocycles. The normalized spacial score (nSPS) is 15.6. The molecular formula is C16H14F2N2O3S. The van der Waals surface area contributed by atoms with Crippen molar-refractivity contribution in [3.8, 4) is 0 Å². The first-order valence-electron chi connectivity index (χ1n) is 7.34. The van der Waals surface area contributed by atoms with E-state index in [0.29, 0.717) is 17.8 Å². The van der Waals surface area contributed by atoms with Crippen LogP contribution in [-0.4, -0.2) is 22.0 Å². The lowest BCUT2D eigenvalue weighted by Crippen LogP contribution is -2.49. The van der Waals surface area contributed by atoms with Crippen LogP contribution in [0.5, 0.6) is 0 Å². The van der Waals surface area contributed by atoms with Crippen LogP contribution >= 0.6 is 11.3 Å². The smallest absolute Gasteiger partial charge is 0.355 e. The van der Waals surface area contributed by atoms with Crippen LogP contribution in [0.4, 0.5) is 8.78 Å². The lowest BCUT2D eigenvalue weighted by molar-refractivity contribution is -0.130. The number of rotatable bonds is 5. The topological polar surface area (TPSA) is 79.3 Å². The van der Waals surface area contributed by atoms with Gasteiger partial charge in [0.25, 0.3) is 0 Å². The third-order valence-corrected chi connectivity index (χ3v) is 5.11. The second-order valence-electron chi connectivity index (χ2n) is 5.67. The number of halogens is 2. The molecule has 1 aromatic carbocycles. The summed E-state index contributed by atoms with van der Waals surface area (Å²) in [5.41, 5.74) is -0.879. The largest absolute Gasteiger partial charge is 0.476 e. The Bertz CT molecular complexity index is 802. The second kappa shape index (κ2) is 6.27. The van der Waals surface area contributed by atoms with Crippen molar-refractivity contribution in [3.05, 3.63) is 51.5 Å². The van der Waals surface area contributed by atoms with E-state index in [9.17, 15) is 18.4 Å². The van der Waals surface area contributed by atoms with Crippen LogP contribution in [0.1, 0.15) is 40.3 Å². The first kappa shape index (κ1) is 16.5. The molecule has 126 valence electrons. The van der Waals surface area contributed by atoms with Gasteiger partial charge in [-0.25, -0.2) is 18.6 Å². The van der Waals surface area contributed by atoms with E-state index in [0.717, 1.165) is 29.9 Å². The number of nitrogens with zero attached hydrogens (tertiary/aromatic N) is 1. The van der Waals surface area contributed by atoms with E-state index in [-0.39, 0.29) is 23.7 Å². The molecule has 0 saturated heterocycles.